The molecule has 0 fully saturated rings. The molecule has 3 aromatic rings. The molecule has 0 aliphatic rings. The molecule has 8 heteroatoms. The Kier molecular flexibility index (Phi) is 5.87. The maximum atomic E-state index is 12.7. The van der Waals surface area contributed by atoms with Gasteiger partial charge in [-0.2, -0.15) is 0 Å². The number of thiophene rings is 1. The van der Waals surface area contributed by atoms with Crippen LogP contribution in [0.4, 0.5) is 0 Å². The molecule has 3 rings (SSSR count). The Labute approximate surface area is 168 Å². The van der Waals surface area contributed by atoms with Crippen LogP contribution in [0.2, 0.25) is 20.2 Å². The number of hydrogen-bond donors (Lipinski definition) is 1. The summed E-state index contributed by atoms with van der Waals surface area (Å²) < 4.78 is 0. The Hall–Kier alpha value is -1.30. The van der Waals surface area contributed by atoms with Crippen LogP contribution < -0.4 is 5.32 Å². The first-order chi connectivity index (χ1) is 12.0. The van der Waals surface area contributed by atoms with Crippen LogP contribution in [0.15, 0.2) is 47.8 Å². The van der Waals surface area contributed by atoms with Crippen molar-refractivity contribution in [2.75, 3.05) is 0 Å². The van der Waals surface area contributed by atoms with Gasteiger partial charge in [0.15, 0.2) is 0 Å². The van der Waals surface area contributed by atoms with E-state index >= 15 is 0 Å². The maximum absolute atomic E-state index is 12.7. The molecular weight excluding hydrogens is 422 g/mol. The van der Waals surface area contributed by atoms with E-state index in [1.807, 2.05) is 47.8 Å². The minimum atomic E-state index is -0.493. The Balaban J connectivity index is 1.97. The lowest BCUT2D eigenvalue weighted by atomic mass is 10.1. The number of aromatic nitrogens is 1. The van der Waals surface area contributed by atoms with E-state index in [2.05, 4.69) is 10.3 Å². The second-order valence-corrected chi connectivity index (χ2v) is 7.50. The molecule has 0 aliphatic heterocycles. The molecule has 0 saturated heterocycles. The van der Waals surface area contributed by atoms with E-state index in [4.69, 9.17) is 46.4 Å². The number of benzene rings is 1. The fraction of sp³-hybridized carbons (Fsp3) is 0.0588. The van der Waals surface area contributed by atoms with Gasteiger partial charge in [-0.05, 0) is 17.0 Å². The highest BCUT2D eigenvalue weighted by atomic mass is 35.5. The summed E-state index contributed by atoms with van der Waals surface area (Å²) in [6.45, 7) is 0. The third-order valence-electron chi connectivity index (χ3n) is 3.44. The number of hydrogen-bond acceptors (Lipinski definition) is 3. The number of nitrogens with zero attached hydrogens (tertiary/aromatic N) is 1. The summed E-state index contributed by atoms with van der Waals surface area (Å²) >= 11 is 25.5. The Bertz CT molecular complexity index is 901. The number of pyridine rings is 1. The SMILES string of the molecule is O=C(NC(c1ccccc1)c1cccs1)c1nc(Cl)c(Cl)c(Cl)c1Cl. The van der Waals surface area contributed by atoms with Gasteiger partial charge in [0.05, 0.1) is 21.1 Å². The van der Waals surface area contributed by atoms with Gasteiger partial charge in [-0.15, -0.1) is 11.3 Å². The Morgan fingerprint density at radius 2 is 1.68 bits per heavy atom. The summed E-state index contributed by atoms with van der Waals surface area (Å²) in [5.41, 5.74) is 0.860. The topological polar surface area (TPSA) is 42.0 Å². The molecule has 128 valence electrons. The smallest absolute Gasteiger partial charge is 0.272 e. The van der Waals surface area contributed by atoms with E-state index in [0.29, 0.717) is 0 Å². The second-order valence-electron chi connectivity index (χ2n) is 5.03. The van der Waals surface area contributed by atoms with Gasteiger partial charge in [-0.25, -0.2) is 4.98 Å². The van der Waals surface area contributed by atoms with Crippen LogP contribution in [-0.2, 0) is 0 Å². The standard InChI is InChI=1S/C17H10Cl4N2OS/c18-11-12(19)15(22-16(21)13(11)20)17(24)23-14(10-7-4-8-25-10)9-5-2-1-3-6-9/h1-8,14H,(H,23,24). The highest BCUT2D eigenvalue weighted by molar-refractivity contribution is 7.10. The van der Waals surface area contributed by atoms with Crippen molar-refractivity contribution in [3.05, 3.63) is 84.2 Å². The molecule has 3 nitrogen and oxygen atoms in total. The fourth-order valence-corrected chi connectivity index (χ4v) is 3.87. The molecule has 1 amide bonds. The number of nitrogens with one attached hydrogen (secondary N) is 1. The van der Waals surface area contributed by atoms with Crippen LogP contribution in [-0.4, -0.2) is 10.9 Å². The van der Waals surface area contributed by atoms with Crippen LogP contribution in [0.25, 0.3) is 0 Å². The third-order valence-corrected chi connectivity index (χ3v) is 6.05. The van der Waals surface area contributed by atoms with Gasteiger partial charge >= 0.3 is 0 Å². The zero-order chi connectivity index (χ0) is 18.0. The molecule has 1 N–H and O–H groups in total. The van der Waals surface area contributed by atoms with Crippen LogP contribution in [0.1, 0.15) is 27.0 Å². The normalized spacial score (nSPS) is 12.0. The largest absolute Gasteiger partial charge is 0.339 e. The molecule has 0 radical (unpaired) electrons. The summed E-state index contributed by atoms with van der Waals surface area (Å²) in [7, 11) is 0. The average molecular weight is 432 g/mol. The zero-order valence-corrected chi connectivity index (χ0v) is 16.3. The van der Waals surface area contributed by atoms with Gasteiger partial charge in [0, 0.05) is 4.88 Å². The molecule has 0 saturated carbocycles. The molecular formula is C17H10Cl4N2OS. The van der Waals surface area contributed by atoms with E-state index < -0.39 is 5.91 Å². The molecule has 1 atom stereocenters. The molecule has 0 spiro atoms. The van der Waals surface area contributed by atoms with Crippen molar-refractivity contribution < 1.29 is 4.79 Å². The lowest BCUT2D eigenvalue weighted by Gasteiger charge is -2.18. The zero-order valence-electron chi connectivity index (χ0n) is 12.5. The van der Waals surface area contributed by atoms with Crippen molar-refractivity contribution in [1.29, 1.82) is 0 Å². The predicted molar refractivity (Wildman–Crippen MR) is 104 cm³/mol. The fourth-order valence-electron chi connectivity index (χ4n) is 2.26. The minimum Gasteiger partial charge on any atom is -0.339 e. The first-order valence-corrected chi connectivity index (χ1v) is 9.47. The summed E-state index contributed by atoms with van der Waals surface area (Å²) in [4.78, 5) is 17.7. The summed E-state index contributed by atoms with van der Waals surface area (Å²) in [6, 6.07) is 13.1. The lowest BCUT2D eigenvalue weighted by molar-refractivity contribution is 0.0938. The van der Waals surface area contributed by atoms with Crippen molar-refractivity contribution in [1.82, 2.24) is 10.3 Å². The van der Waals surface area contributed by atoms with Gasteiger partial charge in [0.1, 0.15) is 10.8 Å². The van der Waals surface area contributed by atoms with Crippen LogP contribution in [0.5, 0.6) is 0 Å². The monoisotopic (exact) mass is 430 g/mol. The first kappa shape index (κ1) is 18.5. The van der Waals surface area contributed by atoms with Crippen molar-refractivity contribution in [2.24, 2.45) is 0 Å². The number of carbonyl (C=O) groups is 1. The summed E-state index contributed by atoms with van der Waals surface area (Å²) in [6.07, 6.45) is 0. The van der Waals surface area contributed by atoms with Gasteiger partial charge in [0.2, 0.25) is 0 Å². The average Bonchev–Trinajstić information content (AvgIpc) is 3.15. The van der Waals surface area contributed by atoms with E-state index in [1.54, 1.807) is 0 Å². The van der Waals surface area contributed by atoms with Gasteiger partial charge < -0.3 is 5.32 Å². The maximum Gasteiger partial charge on any atom is 0.272 e. The van der Waals surface area contributed by atoms with Gasteiger partial charge in [-0.3, -0.25) is 4.79 Å². The Morgan fingerprint density at radius 3 is 2.32 bits per heavy atom. The van der Waals surface area contributed by atoms with Gasteiger partial charge in [-0.1, -0.05) is 82.8 Å². The van der Waals surface area contributed by atoms with E-state index in [9.17, 15) is 4.79 Å². The highest BCUT2D eigenvalue weighted by Gasteiger charge is 2.24. The van der Waals surface area contributed by atoms with Crippen LogP contribution in [0, 0.1) is 0 Å². The van der Waals surface area contributed by atoms with Crippen molar-refractivity contribution in [3.63, 3.8) is 0 Å². The van der Waals surface area contributed by atoms with Crippen molar-refractivity contribution >= 4 is 63.6 Å². The minimum absolute atomic E-state index is 0.000804. The lowest BCUT2D eigenvalue weighted by Crippen LogP contribution is -2.30. The summed E-state index contributed by atoms with van der Waals surface area (Å²) in [5.74, 6) is -0.493. The third kappa shape index (κ3) is 3.94. The second kappa shape index (κ2) is 7.94. The number of rotatable bonds is 4. The molecule has 25 heavy (non-hydrogen) atoms. The van der Waals surface area contributed by atoms with E-state index in [1.165, 1.54) is 11.3 Å². The molecule has 1 aromatic carbocycles. The summed E-state index contributed by atoms with van der Waals surface area (Å²) in [5, 5.41) is 4.78. The highest BCUT2D eigenvalue weighted by Crippen LogP contribution is 2.36. The molecule has 2 heterocycles. The molecule has 2 aromatic heterocycles. The quantitative estimate of drug-likeness (QED) is 0.494. The van der Waals surface area contributed by atoms with E-state index in [-0.39, 0.29) is 32.0 Å². The van der Waals surface area contributed by atoms with Gasteiger partial charge in [0.25, 0.3) is 5.91 Å². The molecule has 0 bridgehead atoms. The van der Waals surface area contributed by atoms with Crippen LogP contribution in [0.3, 0.4) is 0 Å². The molecule has 1 unspecified atom stereocenters. The number of amides is 1. The predicted octanol–water partition coefficient (Wildman–Crippen LogP) is 6.28. The van der Waals surface area contributed by atoms with Crippen LogP contribution >= 0.6 is 57.7 Å². The van der Waals surface area contributed by atoms with Crippen molar-refractivity contribution in [3.8, 4) is 0 Å². The first-order valence-electron chi connectivity index (χ1n) is 7.08. The molecule has 0 aliphatic carbocycles. The van der Waals surface area contributed by atoms with E-state index in [0.717, 1.165) is 10.4 Å². The number of carbonyl (C=O) groups excluding carboxylic acids is 1. The Morgan fingerprint density at radius 1 is 0.960 bits per heavy atom. The number of halogens is 4. The van der Waals surface area contributed by atoms with Crippen molar-refractivity contribution in [2.45, 2.75) is 6.04 Å².